The molecule has 1 amide bonds. The molecule has 0 atom stereocenters. The van der Waals surface area contributed by atoms with Crippen molar-refractivity contribution in [2.24, 2.45) is 0 Å². The molecule has 0 saturated heterocycles. The number of nitrogens with zero attached hydrogens (tertiary/aromatic N) is 3. The molecular formula is C22H21N5OS. The van der Waals surface area contributed by atoms with Gasteiger partial charge in [-0.1, -0.05) is 54.2 Å². The first-order valence-corrected chi connectivity index (χ1v) is 10.3. The number of hydrogen-bond acceptors (Lipinski definition) is 4. The SMILES string of the molecule is C=CCNC(=O)CSc1nnc(-c2c[nH]c3ccccc23)n1-c1ccccc1C. The zero-order valence-corrected chi connectivity index (χ0v) is 16.9. The van der Waals surface area contributed by atoms with Crippen molar-refractivity contribution in [2.45, 2.75) is 12.1 Å². The Bertz CT molecular complexity index is 1180. The van der Waals surface area contributed by atoms with Gasteiger partial charge in [0.2, 0.25) is 5.91 Å². The van der Waals surface area contributed by atoms with Crippen molar-refractivity contribution in [3.8, 4) is 17.1 Å². The van der Waals surface area contributed by atoms with Crippen LogP contribution in [0.15, 0.2) is 72.5 Å². The Morgan fingerprint density at radius 3 is 2.83 bits per heavy atom. The molecule has 0 saturated carbocycles. The summed E-state index contributed by atoms with van der Waals surface area (Å²) in [4.78, 5) is 15.4. The summed E-state index contributed by atoms with van der Waals surface area (Å²) in [7, 11) is 0. The molecule has 0 aliphatic rings. The predicted octanol–water partition coefficient (Wildman–Crippen LogP) is 4.12. The van der Waals surface area contributed by atoms with Gasteiger partial charge in [-0.2, -0.15) is 0 Å². The highest BCUT2D eigenvalue weighted by atomic mass is 32.2. The lowest BCUT2D eigenvalue weighted by molar-refractivity contribution is -0.118. The third-order valence-electron chi connectivity index (χ3n) is 4.60. The van der Waals surface area contributed by atoms with E-state index < -0.39 is 0 Å². The second-order valence-electron chi connectivity index (χ2n) is 6.56. The number of H-pyrrole nitrogens is 1. The van der Waals surface area contributed by atoms with E-state index in [9.17, 15) is 4.79 Å². The molecule has 29 heavy (non-hydrogen) atoms. The van der Waals surface area contributed by atoms with Crippen molar-refractivity contribution in [1.29, 1.82) is 0 Å². The Labute approximate surface area is 173 Å². The maximum absolute atomic E-state index is 12.1. The number of aryl methyl sites for hydroxylation is 1. The van der Waals surface area contributed by atoms with Crippen LogP contribution < -0.4 is 5.32 Å². The number of fused-ring (bicyclic) bond motifs is 1. The van der Waals surface area contributed by atoms with E-state index in [2.05, 4.69) is 46.1 Å². The second kappa shape index (κ2) is 8.36. The van der Waals surface area contributed by atoms with Crippen molar-refractivity contribution in [3.63, 3.8) is 0 Å². The van der Waals surface area contributed by atoms with Crippen LogP contribution in [0, 0.1) is 6.92 Å². The van der Waals surface area contributed by atoms with Gasteiger partial charge in [0.15, 0.2) is 11.0 Å². The first-order chi connectivity index (χ1) is 14.2. The van der Waals surface area contributed by atoms with E-state index in [1.54, 1.807) is 6.08 Å². The predicted molar refractivity (Wildman–Crippen MR) is 117 cm³/mol. The van der Waals surface area contributed by atoms with Gasteiger partial charge in [-0.15, -0.1) is 16.8 Å². The molecule has 4 aromatic rings. The molecule has 0 spiro atoms. The summed E-state index contributed by atoms with van der Waals surface area (Å²) in [6.45, 7) is 6.12. The first kappa shape index (κ1) is 19.0. The molecule has 146 valence electrons. The van der Waals surface area contributed by atoms with Crippen LogP contribution in [-0.2, 0) is 4.79 Å². The quantitative estimate of drug-likeness (QED) is 0.360. The summed E-state index contributed by atoms with van der Waals surface area (Å²) in [6, 6.07) is 16.2. The third kappa shape index (κ3) is 3.82. The molecule has 2 aromatic heterocycles. The number of rotatable bonds is 7. The van der Waals surface area contributed by atoms with Crippen LogP contribution in [0.25, 0.3) is 28.0 Å². The lowest BCUT2D eigenvalue weighted by atomic mass is 10.1. The number of carbonyl (C=O) groups is 1. The summed E-state index contributed by atoms with van der Waals surface area (Å²) in [5.41, 5.74) is 4.11. The first-order valence-electron chi connectivity index (χ1n) is 9.27. The number of aromatic amines is 1. The maximum atomic E-state index is 12.1. The van der Waals surface area contributed by atoms with Gasteiger partial charge in [-0.05, 0) is 24.6 Å². The van der Waals surface area contributed by atoms with Crippen molar-refractivity contribution in [2.75, 3.05) is 12.3 Å². The number of amides is 1. The van der Waals surface area contributed by atoms with Crippen LogP contribution >= 0.6 is 11.8 Å². The van der Waals surface area contributed by atoms with Gasteiger partial charge in [0, 0.05) is 29.2 Å². The highest BCUT2D eigenvalue weighted by molar-refractivity contribution is 7.99. The molecule has 4 rings (SSSR count). The van der Waals surface area contributed by atoms with E-state index in [4.69, 9.17) is 0 Å². The van der Waals surface area contributed by atoms with Crippen molar-refractivity contribution >= 4 is 28.6 Å². The largest absolute Gasteiger partial charge is 0.360 e. The zero-order valence-electron chi connectivity index (χ0n) is 16.1. The molecule has 7 heteroatoms. The average Bonchev–Trinajstić information content (AvgIpc) is 3.35. The minimum atomic E-state index is -0.0668. The lowest BCUT2D eigenvalue weighted by Gasteiger charge is -2.12. The molecule has 6 nitrogen and oxygen atoms in total. The fraction of sp³-hybridized carbons (Fsp3) is 0.136. The van der Waals surface area contributed by atoms with Gasteiger partial charge in [0.25, 0.3) is 0 Å². The summed E-state index contributed by atoms with van der Waals surface area (Å²) in [5.74, 6) is 0.930. The summed E-state index contributed by atoms with van der Waals surface area (Å²) in [6.07, 6.45) is 3.61. The van der Waals surface area contributed by atoms with Crippen molar-refractivity contribution in [1.82, 2.24) is 25.1 Å². The molecule has 0 fully saturated rings. The van der Waals surface area contributed by atoms with E-state index in [0.29, 0.717) is 11.7 Å². The average molecular weight is 404 g/mol. The van der Waals surface area contributed by atoms with E-state index in [1.165, 1.54) is 11.8 Å². The molecule has 0 aliphatic carbocycles. The lowest BCUT2D eigenvalue weighted by Crippen LogP contribution is -2.25. The zero-order chi connectivity index (χ0) is 20.2. The Morgan fingerprint density at radius 1 is 1.21 bits per heavy atom. The molecule has 0 bridgehead atoms. The number of nitrogens with one attached hydrogen (secondary N) is 2. The molecule has 2 heterocycles. The Kier molecular flexibility index (Phi) is 5.48. The number of carbonyl (C=O) groups excluding carboxylic acids is 1. The Hall–Kier alpha value is -3.32. The fourth-order valence-corrected chi connectivity index (χ4v) is 3.97. The van der Waals surface area contributed by atoms with E-state index in [-0.39, 0.29) is 11.7 Å². The van der Waals surface area contributed by atoms with Crippen LogP contribution in [0.2, 0.25) is 0 Å². The van der Waals surface area contributed by atoms with Gasteiger partial charge < -0.3 is 10.3 Å². The molecule has 2 N–H and O–H groups in total. The van der Waals surface area contributed by atoms with Crippen LogP contribution in [0.4, 0.5) is 0 Å². The normalized spacial score (nSPS) is 10.9. The number of para-hydroxylation sites is 2. The summed E-state index contributed by atoms with van der Waals surface area (Å²) >= 11 is 1.37. The third-order valence-corrected chi connectivity index (χ3v) is 5.52. The van der Waals surface area contributed by atoms with E-state index in [0.717, 1.165) is 33.5 Å². The van der Waals surface area contributed by atoms with E-state index >= 15 is 0 Å². The van der Waals surface area contributed by atoms with Gasteiger partial charge in [-0.3, -0.25) is 9.36 Å². The highest BCUT2D eigenvalue weighted by Crippen LogP contribution is 2.33. The number of thioether (sulfide) groups is 1. The molecular weight excluding hydrogens is 382 g/mol. The minimum absolute atomic E-state index is 0.0668. The molecule has 2 aromatic carbocycles. The summed E-state index contributed by atoms with van der Waals surface area (Å²) in [5, 5.41) is 13.4. The monoisotopic (exact) mass is 403 g/mol. The minimum Gasteiger partial charge on any atom is -0.360 e. The molecule has 0 aliphatic heterocycles. The van der Waals surface area contributed by atoms with Gasteiger partial charge >= 0.3 is 0 Å². The van der Waals surface area contributed by atoms with Crippen LogP contribution in [0.3, 0.4) is 0 Å². The van der Waals surface area contributed by atoms with Crippen LogP contribution in [-0.4, -0.2) is 38.0 Å². The summed E-state index contributed by atoms with van der Waals surface area (Å²) < 4.78 is 2.02. The number of aromatic nitrogens is 4. The maximum Gasteiger partial charge on any atom is 0.230 e. The van der Waals surface area contributed by atoms with Crippen molar-refractivity contribution in [3.05, 3.63) is 72.9 Å². The molecule has 0 unspecified atom stereocenters. The van der Waals surface area contributed by atoms with Crippen molar-refractivity contribution < 1.29 is 4.79 Å². The van der Waals surface area contributed by atoms with Gasteiger partial charge in [0.1, 0.15) is 0 Å². The topological polar surface area (TPSA) is 75.6 Å². The standard InChI is InChI=1S/C22H21N5OS/c1-3-12-23-20(28)14-29-22-26-25-21(27(22)19-11-7-4-8-15(19)2)17-13-24-18-10-6-5-9-16(17)18/h3-11,13,24H,1,12,14H2,2H3,(H,23,28). The van der Waals surface area contributed by atoms with Crippen LogP contribution in [0.1, 0.15) is 5.56 Å². The van der Waals surface area contributed by atoms with Gasteiger partial charge in [-0.25, -0.2) is 0 Å². The Morgan fingerprint density at radius 2 is 2.00 bits per heavy atom. The number of hydrogen-bond donors (Lipinski definition) is 2. The number of benzene rings is 2. The Balaban J connectivity index is 1.78. The fourth-order valence-electron chi connectivity index (χ4n) is 3.19. The smallest absolute Gasteiger partial charge is 0.230 e. The molecule has 0 radical (unpaired) electrons. The second-order valence-corrected chi connectivity index (χ2v) is 7.50. The van der Waals surface area contributed by atoms with Crippen LogP contribution in [0.5, 0.6) is 0 Å². The van der Waals surface area contributed by atoms with Gasteiger partial charge in [0.05, 0.1) is 11.4 Å². The van der Waals surface area contributed by atoms with E-state index in [1.807, 2.05) is 47.2 Å². The highest BCUT2D eigenvalue weighted by Gasteiger charge is 2.20.